The molecule has 35 heavy (non-hydrogen) atoms. The molecule has 0 atom stereocenters. The quantitative estimate of drug-likeness (QED) is 0.240. The number of imide groups is 2. The molecular formula is C25H16Br2Cl2N2O4. The van der Waals surface area contributed by atoms with Gasteiger partial charge in [-0.25, -0.2) is 9.69 Å². The number of barbiturate groups is 1. The highest BCUT2D eigenvalue weighted by Gasteiger charge is 2.37. The van der Waals surface area contributed by atoms with Crippen molar-refractivity contribution in [3.63, 3.8) is 0 Å². The van der Waals surface area contributed by atoms with Crippen LogP contribution in [0, 0.1) is 6.92 Å². The third-order valence-corrected chi connectivity index (χ3v) is 7.20. The van der Waals surface area contributed by atoms with Crippen LogP contribution < -0.4 is 15.0 Å². The van der Waals surface area contributed by atoms with Gasteiger partial charge >= 0.3 is 6.03 Å². The molecule has 10 heteroatoms. The summed E-state index contributed by atoms with van der Waals surface area (Å²) < 4.78 is 7.11. The molecule has 1 N–H and O–H groups in total. The topological polar surface area (TPSA) is 75.7 Å². The second-order valence-electron chi connectivity index (χ2n) is 7.54. The first-order chi connectivity index (χ1) is 16.7. The summed E-state index contributed by atoms with van der Waals surface area (Å²) in [5.74, 6) is -1.02. The van der Waals surface area contributed by atoms with Crippen LogP contribution in [0.4, 0.5) is 10.5 Å². The Labute approximate surface area is 228 Å². The molecule has 0 radical (unpaired) electrons. The van der Waals surface area contributed by atoms with Crippen molar-refractivity contribution in [3.05, 3.63) is 95.9 Å². The number of urea groups is 1. The largest absolute Gasteiger partial charge is 0.486 e. The van der Waals surface area contributed by atoms with Crippen molar-refractivity contribution in [1.29, 1.82) is 0 Å². The fourth-order valence-electron chi connectivity index (χ4n) is 3.45. The number of anilines is 1. The number of hydrogen-bond acceptors (Lipinski definition) is 4. The van der Waals surface area contributed by atoms with Crippen LogP contribution in [-0.2, 0) is 16.2 Å². The molecular weight excluding hydrogens is 623 g/mol. The van der Waals surface area contributed by atoms with Crippen LogP contribution in [0.1, 0.15) is 16.7 Å². The van der Waals surface area contributed by atoms with Crippen LogP contribution >= 0.6 is 55.1 Å². The first-order valence-corrected chi connectivity index (χ1v) is 12.5. The molecule has 0 unspecified atom stereocenters. The Hall–Kier alpha value is -2.65. The first-order valence-electron chi connectivity index (χ1n) is 10.2. The van der Waals surface area contributed by atoms with E-state index in [1.165, 1.54) is 6.08 Å². The van der Waals surface area contributed by atoms with Crippen LogP contribution in [0.2, 0.25) is 10.0 Å². The van der Waals surface area contributed by atoms with Gasteiger partial charge in [-0.2, -0.15) is 0 Å². The summed E-state index contributed by atoms with van der Waals surface area (Å²) in [6, 6.07) is 14.8. The number of nitrogens with zero attached hydrogens (tertiary/aromatic N) is 1. The van der Waals surface area contributed by atoms with Crippen molar-refractivity contribution in [3.8, 4) is 5.75 Å². The van der Waals surface area contributed by atoms with E-state index in [2.05, 4.69) is 37.2 Å². The predicted molar refractivity (Wildman–Crippen MR) is 143 cm³/mol. The van der Waals surface area contributed by atoms with E-state index in [-0.39, 0.29) is 12.2 Å². The number of hydrogen-bond donors (Lipinski definition) is 1. The van der Waals surface area contributed by atoms with Gasteiger partial charge in [0.1, 0.15) is 17.9 Å². The van der Waals surface area contributed by atoms with Crippen molar-refractivity contribution in [1.82, 2.24) is 5.32 Å². The van der Waals surface area contributed by atoms with Gasteiger partial charge in [0.25, 0.3) is 11.8 Å². The monoisotopic (exact) mass is 636 g/mol. The minimum absolute atomic E-state index is 0.201. The summed E-state index contributed by atoms with van der Waals surface area (Å²) in [5, 5.41) is 3.20. The average Bonchev–Trinajstić information content (AvgIpc) is 2.80. The number of benzene rings is 3. The molecule has 1 heterocycles. The molecule has 3 aromatic carbocycles. The van der Waals surface area contributed by atoms with Crippen molar-refractivity contribution in [2.24, 2.45) is 0 Å². The molecule has 0 saturated carbocycles. The summed E-state index contributed by atoms with van der Waals surface area (Å²) in [7, 11) is 0. The van der Waals surface area contributed by atoms with E-state index in [1.54, 1.807) is 43.3 Å². The van der Waals surface area contributed by atoms with E-state index in [0.717, 1.165) is 10.5 Å². The van der Waals surface area contributed by atoms with Gasteiger partial charge in [0.05, 0.1) is 14.6 Å². The smallest absolute Gasteiger partial charge is 0.335 e. The van der Waals surface area contributed by atoms with Crippen LogP contribution in [0.15, 0.2) is 69.1 Å². The maximum absolute atomic E-state index is 13.2. The van der Waals surface area contributed by atoms with Crippen LogP contribution in [0.3, 0.4) is 0 Å². The second kappa shape index (κ2) is 10.5. The molecule has 1 saturated heterocycles. The number of ether oxygens (including phenoxy) is 1. The molecule has 0 bridgehead atoms. The molecule has 1 fully saturated rings. The zero-order valence-electron chi connectivity index (χ0n) is 18.1. The minimum atomic E-state index is -0.840. The third kappa shape index (κ3) is 5.30. The van der Waals surface area contributed by atoms with Crippen molar-refractivity contribution in [2.75, 3.05) is 4.90 Å². The van der Waals surface area contributed by atoms with Gasteiger partial charge in [0, 0.05) is 15.6 Å². The lowest BCUT2D eigenvalue weighted by Crippen LogP contribution is -2.54. The van der Waals surface area contributed by atoms with Gasteiger partial charge < -0.3 is 4.74 Å². The van der Waals surface area contributed by atoms with Crippen molar-refractivity contribution < 1.29 is 19.1 Å². The molecule has 4 rings (SSSR count). The number of rotatable bonds is 5. The Bertz CT molecular complexity index is 1380. The Kier molecular flexibility index (Phi) is 7.66. The lowest BCUT2D eigenvalue weighted by molar-refractivity contribution is -0.122. The predicted octanol–water partition coefficient (Wildman–Crippen LogP) is 7.07. The maximum atomic E-state index is 13.2. The van der Waals surface area contributed by atoms with Gasteiger partial charge in [-0.1, -0.05) is 47.5 Å². The average molecular weight is 639 g/mol. The molecule has 3 aromatic rings. The van der Waals surface area contributed by atoms with Crippen LogP contribution in [-0.4, -0.2) is 17.8 Å². The van der Waals surface area contributed by atoms with Gasteiger partial charge in [-0.15, -0.1) is 0 Å². The number of carbonyl (C=O) groups is 3. The molecule has 4 amide bonds. The van der Waals surface area contributed by atoms with E-state index in [1.807, 2.05) is 18.2 Å². The molecule has 0 spiro atoms. The highest BCUT2D eigenvalue weighted by molar-refractivity contribution is 9.11. The molecule has 1 aliphatic heterocycles. The van der Waals surface area contributed by atoms with E-state index in [0.29, 0.717) is 41.6 Å². The minimum Gasteiger partial charge on any atom is -0.486 e. The summed E-state index contributed by atoms with van der Waals surface area (Å²) in [6.45, 7) is 1.93. The van der Waals surface area contributed by atoms with Crippen LogP contribution in [0.25, 0.3) is 6.08 Å². The summed E-state index contributed by atoms with van der Waals surface area (Å²) in [4.78, 5) is 39.2. The standard InChI is InChI=1S/C25H16Br2Cl2N2O4/c1-13-19(28)7-4-8-21(13)31-24(33)16(23(32)30-25(31)34)9-14-10-17(26)22(18(27)11-14)35-12-15-5-2-3-6-20(15)29/h2-11H,12H2,1H3,(H,30,32,34)/b16-9+. The van der Waals surface area contributed by atoms with E-state index < -0.39 is 17.8 Å². The fraction of sp³-hybridized carbons (Fsp3) is 0.0800. The van der Waals surface area contributed by atoms with Crippen LogP contribution in [0.5, 0.6) is 5.75 Å². The van der Waals surface area contributed by atoms with Crippen molar-refractivity contribution in [2.45, 2.75) is 13.5 Å². The van der Waals surface area contributed by atoms with Gasteiger partial charge in [-0.3, -0.25) is 14.9 Å². The zero-order valence-corrected chi connectivity index (χ0v) is 22.8. The Balaban J connectivity index is 1.64. The highest BCUT2D eigenvalue weighted by atomic mass is 79.9. The SMILES string of the molecule is Cc1c(Cl)cccc1N1C(=O)NC(=O)/C(=C\c2cc(Br)c(OCc3ccccc3Cl)c(Br)c2)C1=O. The fourth-order valence-corrected chi connectivity index (χ4v) is 5.26. The molecule has 6 nitrogen and oxygen atoms in total. The molecule has 0 aromatic heterocycles. The van der Waals surface area contributed by atoms with Gasteiger partial charge in [-0.05, 0) is 86.3 Å². The summed E-state index contributed by atoms with van der Waals surface area (Å²) >= 11 is 19.3. The summed E-state index contributed by atoms with van der Waals surface area (Å²) in [5.41, 5.74) is 1.99. The lowest BCUT2D eigenvalue weighted by atomic mass is 10.1. The van der Waals surface area contributed by atoms with Crippen molar-refractivity contribution >= 4 is 84.7 Å². The van der Waals surface area contributed by atoms with Gasteiger partial charge in [0.15, 0.2) is 0 Å². The molecule has 178 valence electrons. The third-order valence-electron chi connectivity index (χ3n) is 5.24. The normalized spacial score (nSPS) is 14.9. The van der Waals surface area contributed by atoms with E-state index >= 15 is 0 Å². The Morgan fingerprint density at radius 3 is 2.31 bits per heavy atom. The Morgan fingerprint density at radius 2 is 1.63 bits per heavy atom. The lowest BCUT2D eigenvalue weighted by Gasteiger charge is -2.27. The van der Waals surface area contributed by atoms with Gasteiger partial charge in [0.2, 0.25) is 0 Å². The Morgan fingerprint density at radius 1 is 0.971 bits per heavy atom. The maximum Gasteiger partial charge on any atom is 0.335 e. The van der Waals surface area contributed by atoms with E-state index in [4.69, 9.17) is 27.9 Å². The number of nitrogens with one attached hydrogen (secondary N) is 1. The highest BCUT2D eigenvalue weighted by Crippen LogP contribution is 2.37. The number of carbonyl (C=O) groups excluding carboxylic acids is 3. The van der Waals surface area contributed by atoms with E-state index in [9.17, 15) is 14.4 Å². The molecule has 1 aliphatic rings. The number of amides is 4. The molecule has 0 aliphatic carbocycles. The number of halogens is 4. The zero-order chi connectivity index (χ0) is 25.3. The second-order valence-corrected chi connectivity index (χ2v) is 10.1. The first kappa shape index (κ1) is 25.4. The summed E-state index contributed by atoms with van der Waals surface area (Å²) in [6.07, 6.45) is 1.41.